The molecule has 1 aliphatic carbocycles. The zero-order chi connectivity index (χ0) is 13.4. The summed E-state index contributed by atoms with van der Waals surface area (Å²) in [4.78, 5) is 2.37. The van der Waals surface area contributed by atoms with Gasteiger partial charge in [0, 0.05) is 26.6 Å². The molecular formula is C14H27N3O. The molecule has 4 heteroatoms. The lowest BCUT2D eigenvalue weighted by Gasteiger charge is -2.36. The Balaban J connectivity index is 2.43. The van der Waals surface area contributed by atoms with Gasteiger partial charge in [-0.15, -0.1) is 0 Å². The molecular weight excluding hydrogens is 226 g/mol. The molecule has 0 spiro atoms. The number of methoxy groups -OCH3 is 1. The van der Waals surface area contributed by atoms with Crippen LogP contribution in [-0.2, 0) is 4.74 Å². The summed E-state index contributed by atoms with van der Waals surface area (Å²) in [6.07, 6.45) is 4.15. The first-order valence-electron chi connectivity index (χ1n) is 7.11. The van der Waals surface area contributed by atoms with Crippen molar-refractivity contribution in [2.45, 2.75) is 51.2 Å². The second-order valence-corrected chi connectivity index (χ2v) is 5.10. The third-order valence-electron chi connectivity index (χ3n) is 4.04. The molecule has 0 aliphatic heterocycles. The average molecular weight is 253 g/mol. The standard InChI is InChI=1S/C14H27N3O/c1-4-17(5-2)10-9-16-14(12-15)8-6-7-13(11-14)18-3/h13,16H,4-11H2,1-3H3. The molecule has 0 aromatic rings. The van der Waals surface area contributed by atoms with Gasteiger partial charge in [0.2, 0.25) is 0 Å². The number of hydrogen-bond donors (Lipinski definition) is 1. The number of nitrogens with one attached hydrogen (secondary N) is 1. The highest BCUT2D eigenvalue weighted by molar-refractivity contribution is 5.10. The first kappa shape index (κ1) is 15.4. The lowest BCUT2D eigenvalue weighted by atomic mass is 9.81. The Morgan fingerprint density at radius 2 is 2.17 bits per heavy atom. The van der Waals surface area contributed by atoms with Gasteiger partial charge in [0.1, 0.15) is 5.54 Å². The van der Waals surface area contributed by atoms with Crippen molar-refractivity contribution >= 4 is 0 Å². The van der Waals surface area contributed by atoms with Crippen molar-refractivity contribution in [2.24, 2.45) is 0 Å². The number of hydrogen-bond acceptors (Lipinski definition) is 4. The van der Waals surface area contributed by atoms with Crippen LogP contribution in [0, 0.1) is 11.3 Å². The van der Waals surface area contributed by atoms with Crippen LogP contribution in [0.4, 0.5) is 0 Å². The minimum absolute atomic E-state index is 0.236. The zero-order valence-electron chi connectivity index (χ0n) is 12.0. The van der Waals surface area contributed by atoms with E-state index in [1.165, 1.54) is 0 Å². The largest absolute Gasteiger partial charge is 0.381 e. The van der Waals surface area contributed by atoms with Gasteiger partial charge in [0.05, 0.1) is 12.2 Å². The van der Waals surface area contributed by atoms with Gasteiger partial charge in [-0.2, -0.15) is 5.26 Å². The number of ether oxygens (including phenoxy) is 1. The van der Waals surface area contributed by atoms with Gasteiger partial charge in [-0.1, -0.05) is 13.8 Å². The van der Waals surface area contributed by atoms with E-state index in [1.54, 1.807) is 7.11 Å². The van der Waals surface area contributed by atoms with Crippen molar-refractivity contribution < 1.29 is 4.74 Å². The Hall–Kier alpha value is -0.630. The van der Waals surface area contributed by atoms with Gasteiger partial charge in [-0.3, -0.25) is 5.32 Å². The Labute approximate surface area is 111 Å². The van der Waals surface area contributed by atoms with Crippen LogP contribution in [0.15, 0.2) is 0 Å². The molecule has 0 heterocycles. The molecule has 0 aromatic heterocycles. The fourth-order valence-corrected chi connectivity index (χ4v) is 2.72. The van der Waals surface area contributed by atoms with E-state index in [1.807, 2.05) is 0 Å². The van der Waals surface area contributed by atoms with Crippen LogP contribution in [0.2, 0.25) is 0 Å². The SMILES string of the molecule is CCN(CC)CCNC1(C#N)CCCC(OC)C1. The normalized spacial score (nSPS) is 28.3. The number of likely N-dealkylation sites (N-methyl/N-ethyl adjacent to an activating group) is 1. The van der Waals surface area contributed by atoms with Gasteiger partial charge in [-0.05, 0) is 32.4 Å². The smallest absolute Gasteiger partial charge is 0.109 e. The van der Waals surface area contributed by atoms with Crippen molar-refractivity contribution in [3.05, 3.63) is 0 Å². The highest BCUT2D eigenvalue weighted by Crippen LogP contribution is 2.29. The van der Waals surface area contributed by atoms with E-state index in [9.17, 15) is 5.26 Å². The Morgan fingerprint density at radius 1 is 1.44 bits per heavy atom. The lowest BCUT2D eigenvalue weighted by molar-refractivity contribution is 0.0445. The zero-order valence-corrected chi connectivity index (χ0v) is 12.0. The van der Waals surface area contributed by atoms with Crippen LogP contribution < -0.4 is 5.32 Å². The summed E-state index contributed by atoms with van der Waals surface area (Å²) in [6, 6.07) is 2.48. The third-order valence-corrected chi connectivity index (χ3v) is 4.04. The van der Waals surface area contributed by atoms with Crippen LogP contribution in [0.3, 0.4) is 0 Å². The summed E-state index contributed by atoms with van der Waals surface area (Å²) in [7, 11) is 1.74. The molecule has 0 saturated heterocycles. The first-order valence-corrected chi connectivity index (χ1v) is 7.11. The van der Waals surface area contributed by atoms with E-state index in [0.717, 1.165) is 51.9 Å². The van der Waals surface area contributed by atoms with Crippen molar-refractivity contribution in [1.29, 1.82) is 5.26 Å². The Kier molecular flexibility index (Phi) is 6.62. The topological polar surface area (TPSA) is 48.3 Å². The maximum atomic E-state index is 9.45. The van der Waals surface area contributed by atoms with E-state index in [4.69, 9.17) is 4.74 Å². The van der Waals surface area contributed by atoms with E-state index in [0.29, 0.717) is 0 Å². The lowest BCUT2D eigenvalue weighted by Crippen LogP contribution is -2.51. The van der Waals surface area contributed by atoms with Gasteiger partial charge in [0.25, 0.3) is 0 Å². The predicted octanol–water partition coefficient (Wildman–Crippen LogP) is 1.77. The first-order chi connectivity index (χ1) is 8.69. The molecule has 4 nitrogen and oxygen atoms in total. The molecule has 1 N–H and O–H groups in total. The molecule has 0 aromatic carbocycles. The molecule has 1 rings (SSSR count). The number of rotatable bonds is 7. The molecule has 0 amide bonds. The van der Waals surface area contributed by atoms with E-state index >= 15 is 0 Å². The van der Waals surface area contributed by atoms with Crippen LogP contribution in [0.5, 0.6) is 0 Å². The summed E-state index contributed by atoms with van der Waals surface area (Å²) >= 11 is 0. The van der Waals surface area contributed by atoms with E-state index in [2.05, 4.69) is 30.1 Å². The Bertz CT molecular complexity index is 273. The molecule has 1 aliphatic rings. The van der Waals surface area contributed by atoms with Crippen molar-refractivity contribution in [3.63, 3.8) is 0 Å². The summed E-state index contributed by atoms with van der Waals surface area (Å²) < 4.78 is 5.42. The van der Waals surface area contributed by atoms with Crippen LogP contribution in [0.25, 0.3) is 0 Å². The summed E-state index contributed by atoms with van der Waals surface area (Å²) in [5.74, 6) is 0. The van der Waals surface area contributed by atoms with Gasteiger partial charge in [-0.25, -0.2) is 0 Å². The maximum Gasteiger partial charge on any atom is 0.109 e. The highest BCUT2D eigenvalue weighted by atomic mass is 16.5. The average Bonchev–Trinajstić information content (AvgIpc) is 2.44. The molecule has 0 bridgehead atoms. The fraction of sp³-hybridized carbons (Fsp3) is 0.929. The molecule has 0 radical (unpaired) electrons. The molecule has 104 valence electrons. The molecule has 2 unspecified atom stereocenters. The van der Waals surface area contributed by atoms with Crippen LogP contribution in [0.1, 0.15) is 39.5 Å². The van der Waals surface area contributed by atoms with Gasteiger partial charge >= 0.3 is 0 Å². The van der Waals surface area contributed by atoms with Gasteiger partial charge in [0.15, 0.2) is 0 Å². The van der Waals surface area contributed by atoms with Crippen LogP contribution in [-0.4, -0.2) is 49.8 Å². The van der Waals surface area contributed by atoms with Crippen molar-refractivity contribution in [3.8, 4) is 6.07 Å². The monoisotopic (exact) mass is 253 g/mol. The molecule has 2 atom stereocenters. The minimum atomic E-state index is -0.369. The second kappa shape index (κ2) is 7.73. The number of nitrogens with zero attached hydrogens (tertiary/aromatic N) is 2. The van der Waals surface area contributed by atoms with E-state index in [-0.39, 0.29) is 11.6 Å². The number of nitriles is 1. The summed E-state index contributed by atoms with van der Waals surface area (Å²) in [5.41, 5.74) is -0.369. The summed E-state index contributed by atoms with van der Waals surface area (Å²) in [5, 5.41) is 12.9. The van der Waals surface area contributed by atoms with Crippen molar-refractivity contribution in [1.82, 2.24) is 10.2 Å². The second-order valence-electron chi connectivity index (χ2n) is 5.10. The minimum Gasteiger partial charge on any atom is -0.381 e. The highest BCUT2D eigenvalue weighted by Gasteiger charge is 2.36. The van der Waals surface area contributed by atoms with E-state index < -0.39 is 0 Å². The third kappa shape index (κ3) is 4.24. The van der Waals surface area contributed by atoms with Gasteiger partial charge < -0.3 is 9.64 Å². The fourth-order valence-electron chi connectivity index (χ4n) is 2.72. The predicted molar refractivity (Wildman–Crippen MR) is 73.4 cm³/mol. The van der Waals surface area contributed by atoms with Crippen LogP contribution >= 0.6 is 0 Å². The molecule has 18 heavy (non-hydrogen) atoms. The molecule has 1 fully saturated rings. The Morgan fingerprint density at radius 3 is 2.72 bits per heavy atom. The molecule has 1 saturated carbocycles. The summed E-state index contributed by atoms with van der Waals surface area (Å²) in [6.45, 7) is 8.37. The maximum absolute atomic E-state index is 9.45. The van der Waals surface area contributed by atoms with Crippen molar-refractivity contribution in [2.75, 3.05) is 33.3 Å². The quantitative estimate of drug-likeness (QED) is 0.751.